The normalized spacial score (nSPS) is 13.1. The van der Waals surface area contributed by atoms with Gasteiger partial charge in [0, 0.05) is 26.2 Å². The Morgan fingerprint density at radius 1 is 1.18 bits per heavy atom. The van der Waals surface area contributed by atoms with Crippen molar-refractivity contribution in [1.29, 1.82) is 0 Å². The first-order valence-corrected chi connectivity index (χ1v) is 8.45. The summed E-state index contributed by atoms with van der Waals surface area (Å²) in [6, 6.07) is 5.26. The zero-order chi connectivity index (χ0) is 20.6. The average molecular weight is 397 g/mol. The second-order valence-corrected chi connectivity index (χ2v) is 6.60. The first kappa shape index (κ1) is 19.8. The molecule has 1 amide bonds. The first-order valence-electron chi connectivity index (χ1n) is 8.45. The lowest BCUT2D eigenvalue weighted by Crippen LogP contribution is -2.26. The summed E-state index contributed by atoms with van der Waals surface area (Å²) >= 11 is 0. The van der Waals surface area contributed by atoms with E-state index in [1.54, 1.807) is 0 Å². The van der Waals surface area contributed by atoms with Crippen LogP contribution in [0.2, 0.25) is 0 Å². The third-order valence-electron chi connectivity index (χ3n) is 4.61. The molecule has 3 rings (SSSR count). The zero-order valence-corrected chi connectivity index (χ0v) is 15.5. The van der Waals surface area contributed by atoms with Gasteiger partial charge in [0.05, 0.1) is 18.0 Å². The quantitative estimate of drug-likeness (QED) is 0.783. The van der Waals surface area contributed by atoms with Crippen LogP contribution in [0.3, 0.4) is 0 Å². The maximum absolute atomic E-state index is 13.8. The van der Waals surface area contributed by atoms with Gasteiger partial charge in [0.2, 0.25) is 0 Å². The van der Waals surface area contributed by atoms with E-state index in [1.807, 2.05) is 38.1 Å². The van der Waals surface area contributed by atoms with Crippen LogP contribution in [0.1, 0.15) is 21.5 Å². The Morgan fingerprint density at radius 2 is 1.82 bits per heavy atom. The summed E-state index contributed by atoms with van der Waals surface area (Å²) in [6.45, 7) is -0.627. The van der Waals surface area contributed by atoms with E-state index in [0.29, 0.717) is 18.8 Å². The van der Waals surface area contributed by atoms with Crippen LogP contribution in [0.5, 0.6) is 5.75 Å². The lowest BCUT2D eigenvalue weighted by molar-refractivity contribution is -0.0546. The van der Waals surface area contributed by atoms with Gasteiger partial charge in [-0.05, 0) is 36.2 Å². The van der Waals surface area contributed by atoms with Crippen LogP contribution in [0.15, 0.2) is 24.3 Å². The van der Waals surface area contributed by atoms with Gasteiger partial charge in [0.1, 0.15) is 0 Å². The van der Waals surface area contributed by atoms with Crippen LogP contribution in [0.25, 0.3) is 0 Å². The van der Waals surface area contributed by atoms with Crippen molar-refractivity contribution in [3.8, 4) is 5.75 Å². The van der Waals surface area contributed by atoms with E-state index in [1.165, 1.54) is 0 Å². The number of anilines is 2. The Bertz CT molecular complexity index is 897. The van der Waals surface area contributed by atoms with Crippen molar-refractivity contribution in [2.24, 2.45) is 0 Å². The van der Waals surface area contributed by atoms with Crippen LogP contribution >= 0.6 is 0 Å². The number of hydrogen-bond donors (Lipinski definition) is 1. The van der Waals surface area contributed by atoms with E-state index in [-0.39, 0.29) is 12.1 Å². The SMILES string of the molecule is Cc1ccc2c(c1CNC(=O)c1cc(F)c(OC(F)F)c(F)c1)N(C)CN2C. The summed E-state index contributed by atoms with van der Waals surface area (Å²) < 4.78 is 55.9. The van der Waals surface area contributed by atoms with E-state index in [4.69, 9.17) is 0 Å². The van der Waals surface area contributed by atoms with Gasteiger partial charge in [-0.1, -0.05) is 6.07 Å². The van der Waals surface area contributed by atoms with Crippen LogP contribution in [-0.2, 0) is 6.54 Å². The summed E-state index contributed by atoms with van der Waals surface area (Å²) in [5.41, 5.74) is 3.51. The first-order chi connectivity index (χ1) is 13.2. The Labute approximate surface area is 159 Å². The standard InChI is InChI=1S/C19H19F4N3O2/c1-10-4-5-15-16(26(3)9-25(15)2)12(10)8-24-18(27)11-6-13(20)17(14(21)7-11)28-19(22)23/h4-7,19H,8-9H2,1-3H3,(H,24,27). The van der Waals surface area contributed by atoms with Crippen molar-refractivity contribution in [2.45, 2.75) is 20.1 Å². The molecule has 1 N–H and O–H groups in total. The molecule has 9 heteroatoms. The van der Waals surface area contributed by atoms with Crippen LogP contribution < -0.4 is 19.9 Å². The number of nitrogens with one attached hydrogen (secondary N) is 1. The topological polar surface area (TPSA) is 44.8 Å². The van der Waals surface area contributed by atoms with Gasteiger partial charge in [-0.3, -0.25) is 4.79 Å². The van der Waals surface area contributed by atoms with Gasteiger partial charge in [-0.15, -0.1) is 0 Å². The molecule has 1 heterocycles. The van der Waals surface area contributed by atoms with Crippen molar-refractivity contribution in [2.75, 3.05) is 30.6 Å². The molecule has 0 fully saturated rings. The zero-order valence-electron chi connectivity index (χ0n) is 15.5. The molecule has 0 bridgehead atoms. The summed E-state index contributed by atoms with van der Waals surface area (Å²) in [6.07, 6.45) is 0. The fourth-order valence-electron chi connectivity index (χ4n) is 3.31. The predicted molar refractivity (Wildman–Crippen MR) is 97.0 cm³/mol. The minimum atomic E-state index is -3.37. The Balaban J connectivity index is 1.81. The number of carbonyl (C=O) groups excluding carboxylic acids is 1. The van der Waals surface area contributed by atoms with Gasteiger partial charge in [-0.25, -0.2) is 8.78 Å². The van der Waals surface area contributed by atoms with Crippen molar-refractivity contribution in [3.63, 3.8) is 0 Å². The highest BCUT2D eigenvalue weighted by molar-refractivity contribution is 5.94. The van der Waals surface area contributed by atoms with Crippen molar-refractivity contribution < 1.29 is 27.1 Å². The fraction of sp³-hybridized carbons (Fsp3) is 0.316. The summed E-state index contributed by atoms with van der Waals surface area (Å²) in [5, 5.41) is 2.63. The van der Waals surface area contributed by atoms with E-state index in [2.05, 4.69) is 15.0 Å². The highest BCUT2D eigenvalue weighted by atomic mass is 19.3. The summed E-state index contributed by atoms with van der Waals surface area (Å²) in [5.74, 6) is -4.69. The number of halogens is 4. The number of amides is 1. The molecule has 0 atom stereocenters. The summed E-state index contributed by atoms with van der Waals surface area (Å²) in [7, 11) is 3.88. The maximum atomic E-state index is 13.8. The van der Waals surface area contributed by atoms with Crippen molar-refractivity contribution in [1.82, 2.24) is 5.32 Å². The number of benzene rings is 2. The molecule has 2 aromatic carbocycles. The number of ether oxygens (including phenoxy) is 1. The van der Waals surface area contributed by atoms with Gasteiger partial charge >= 0.3 is 6.61 Å². The molecule has 28 heavy (non-hydrogen) atoms. The molecule has 0 aromatic heterocycles. The molecule has 0 saturated carbocycles. The molecule has 150 valence electrons. The Hall–Kier alpha value is -2.97. The van der Waals surface area contributed by atoms with Crippen molar-refractivity contribution in [3.05, 3.63) is 52.6 Å². The van der Waals surface area contributed by atoms with Gasteiger partial charge in [0.15, 0.2) is 17.4 Å². The smallest absolute Gasteiger partial charge is 0.387 e. The molecule has 0 radical (unpaired) electrons. The predicted octanol–water partition coefficient (Wildman–Crippen LogP) is 3.65. The molecule has 2 aromatic rings. The molecule has 0 aliphatic carbocycles. The van der Waals surface area contributed by atoms with Gasteiger partial charge in [-0.2, -0.15) is 8.78 Å². The third-order valence-corrected chi connectivity index (χ3v) is 4.61. The monoisotopic (exact) mass is 397 g/mol. The molecular weight excluding hydrogens is 378 g/mol. The Morgan fingerprint density at radius 3 is 2.43 bits per heavy atom. The van der Waals surface area contributed by atoms with Crippen LogP contribution in [0.4, 0.5) is 28.9 Å². The van der Waals surface area contributed by atoms with Crippen LogP contribution in [-0.4, -0.2) is 33.3 Å². The number of fused-ring (bicyclic) bond motifs is 1. The van der Waals surface area contributed by atoms with Gasteiger partial charge < -0.3 is 19.9 Å². The Kier molecular flexibility index (Phi) is 5.35. The number of carbonyl (C=O) groups is 1. The number of nitrogens with zero attached hydrogens (tertiary/aromatic N) is 2. The van der Waals surface area contributed by atoms with Crippen molar-refractivity contribution >= 4 is 17.3 Å². The molecule has 1 aliphatic heterocycles. The molecule has 1 aliphatic rings. The van der Waals surface area contributed by atoms with E-state index >= 15 is 0 Å². The maximum Gasteiger partial charge on any atom is 0.387 e. The molecule has 5 nitrogen and oxygen atoms in total. The molecule has 0 spiro atoms. The third kappa shape index (κ3) is 3.69. The number of hydrogen-bond acceptors (Lipinski definition) is 4. The fourth-order valence-corrected chi connectivity index (χ4v) is 3.31. The van der Waals surface area contributed by atoms with E-state index in [0.717, 1.165) is 22.5 Å². The number of aryl methyl sites for hydroxylation is 1. The largest absolute Gasteiger partial charge is 0.429 e. The lowest BCUT2D eigenvalue weighted by Gasteiger charge is -2.18. The molecular formula is C19H19F4N3O2. The lowest BCUT2D eigenvalue weighted by atomic mass is 10.0. The van der Waals surface area contributed by atoms with Gasteiger partial charge in [0.25, 0.3) is 5.91 Å². The highest BCUT2D eigenvalue weighted by Crippen LogP contribution is 2.38. The average Bonchev–Trinajstić information content (AvgIpc) is 2.90. The minimum absolute atomic E-state index is 0.143. The van der Waals surface area contributed by atoms with Crippen LogP contribution in [0, 0.1) is 18.6 Å². The van der Waals surface area contributed by atoms with E-state index in [9.17, 15) is 22.4 Å². The highest BCUT2D eigenvalue weighted by Gasteiger charge is 2.25. The molecule has 0 unspecified atom stereocenters. The summed E-state index contributed by atoms with van der Waals surface area (Å²) in [4.78, 5) is 16.5. The minimum Gasteiger partial charge on any atom is -0.429 e. The number of rotatable bonds is 5. The van der Waals surface area contributed by atoms with E-state index < -0.39 is 29.9 Å². The number of alkyl halides is 2. The molecule has 0 saturated heterocycles. The second-order valence-electron chi connectivity index (χ2n) is 6.60. The second kappa shape index (κ2) is 7.57.